The van der Waals surface area contributed by atoms with Crippen LogP contribution in [0.1, 0.15) is 17.5 Å². The molecule has 14 heavy (non-hydrogen) atoms. The third-order valence-corrected chi connectivity index (χ3v) is 2.41. The lowest BCUT2D eigenvalue weighted by molar-refractivity contribution is -0.118. The van der Waals surface area contributed by atoms with Gasteiger partial charge in [0.2, 0.25) is 0 Å². The van der Waals surface area contributed by atoms with Gasteiger partial charge in [0.1, 0.15) is 11.6 Å². The zero-order chi connectivity index (χ0) is 10.3. The number of halogens is 3. The first-order valence-corrected chi connectivity index (χ1v) is 4.26. The predicted octanol–water partition coefficient (Wildman–Crippen LogP) is 2.16. The van der Waals surface area contributed by atoms with Crippen LogP contribution in [0.3, 0.4) is 0 Å². The second-order valence-electron chi connectivity index (χ2n) is 3.33. The minimum atomic E-state index is -1.18. The van der Waals surface area contributed by atoms with Crippen LogP contribution in [0.2, 0.25) is 0 Å². The molecule has 2 rings (SSSR count). The highest BCUT2D eigenvalue weighted by Crippen LogP contribution is 2.26. The van der Waals surface area contributed by atoms with Crippen molar-refractivity contribution in [2.24, 2.45) is 0 Å². The summed E-state index contributed by atoms with van der Waals surface area (Å²) in [5, 5.41) is 0. The molecule has 1 aromatic carbocycles. The van der Waals surface area contributed by atoms with Crippen LogP contribution in [0.25, 0.3) is 0 Å². The lowest BCUT2D eigenvalue weighted by Crippen LogP contribution is -2.17. The van der Waals surface area contributed by atoms with Crippen molar-refractivity contribution in [3.05, 3.63) is 34.6 Å². The highest BCUT2D eigenvalue weighted by Gasteiger charge is 2.24. The van der Waals surface area contributed by atoms with Gasteiger partial charge in [-0.1, -0.05) is 0 Å². The fourth-order valence-electron chi connectivity index (χ4n) is 1.68. The number of Topliss-reactive ketones (excluding diaryl/α,β-unsaturated/α-hetero) is 1. The third kappa shape index (κ3) is 1.31. The van der Waals surface area contributed by atoms with E-state index in [-0.39, 0.29) is 36.2 Å². The fourth-order valence-corrected chi connectivity index (χ4v) is 1.68. The molecule has 0 heterocycles. The molecule has 0 saturated heterocycles. The van der Waals surface area contributed by atoms with E-state index >= 15 is 0 Å². The summed E-state index contributed by atoms with van der Waals surface area (Å²) < 4.78 is 39.0. The van der Waals surface area contributed by atoms with E-state index in [1.165, 1.54) is 0 Å². The Kier molecular flexibility index (Phi) is 2.06. The number of hydrogen-bond donors (Lipinski definition) is 0. The van der Waals surface area contributed by atoms with Crippen LogP contribution >= 0.6 is 0 Å². The molecule has 0 spiro atoms. The number of benzene rings is 1. The summed E-state index contributed by atoms with van der Waals surface area (Å²) in [6.45, 7) is 0. The SMILES string of the molecule is O=C1CCc2c(F)c(F)cc(F)c2C1. The van der Waals surface area contributed by atoms with Crippen molar-refractivity contribution in [1.82, 2.24) is 0 Å². The Morgan fingerprint density at radius 1 is 1.00 bits per heavy atom. The van der Waals surface area contributed by atoms with Crippen molar-refractivity contribution >= 4 is 5.78 Å². The Balaban J connectivity index is 2.62. The molecule has 0 N–H and O–H groups in total. The number of rotatable bonds is 0. The highest BCUT2D eigenvalue weighted by molar-refractivity contribution is 5.83. The van der Waals surface area contributed by atoms with Crippen LogP contribution in [-0.4, -0.2) is 5.78 Å². The number of carbonyl (C=O) groups excluding carboxylic acids is 1. The second kappa shape index (κ2) is 3.12. The normalized spacial score (nSPS) is 15.5. The van der Waals surface area contributed by atoms with E-state index in [9.17, 15) is 18.0 Å². The van der Waals surface area contributed by atoms with Crippen LogP contribution < -0.4 is 0 Å². The van der Waals surface area contributed by atoms with Crippen LogP contribution in [0, 0.1) is 17.5 Å². The monoisotopic (exact) mass is 200 g/mol. The number of hydrogen-bond acceptors (Lipinski definition) is 1. The molecule has 0 saturated carbocycles. The van der Waals surface area contributed by atoms with Gasteiger partial charge in [-0.15, -0.1) is 0 Å². The van der Waals surface area contributed by atoms with Gasteiger partial charge >= 0.3 is 0 Å². The standard InChI is InChI=1S/C10H7F3O/c11-8-4-9(12)10(13)6-2-1-5(14)3-7(6)8/h4H,1-3H2. The summed E-state index contributed by atoms with van der Waals surface area (Å²) in [5.41, 5.74) is 0.0299. The predicted molar refractivity (Wildman–Crippen MR) is 43.3 cm³/mol. The molecule has 0 unspecified atom stereocenters. The lowest BCUT2D eigenvalue weighted by Gasteiger charge is -2.16. The van der Waals surface area contributed by atoms with Gasteiger partial charge in [-0.05, 0) is 12.0 Å². The van der Waals surface area contributed by atoms with E-state index in [0.717, 1.165) is 0 Å². The van der Waals surface area contributed by atoms with Crippen molar-refractivity contribution in [2.75, 3.05) is 0 Å². The van der Waals surface area contributed by atoms with Crippen LogP contribution in [0.15, 0.2) is 6.07 Å². The number of ketones is 1. The molecule has 0 amide bonds. The topological polar surface area (TPSA) is 17.1 Å². The Labute approximate surface area is 78.5 Å². The molecule has 0 aliphatic heterocycles. The molecule has 0 aromatic heterocycles. The van der Waals surface area contributed by atoms with Crippen molar-refractivity contribution in [2.45, 2.75) is 19.3 Å². The van der Waals surface area contributed by atoms with Crippen LogP contribution in [0.4, 0.5) is 13.2 Å². The Morgan fingerprint density at radius 2 is 1.71 bits per heavy atom. The number of carbonyl (C=O) groups is 1. The summed E-state index contributed by atoms with van der Waals surface area (Å²) in [6.07, 6.45) is 0.125. The molecule has 74 valence electrons. The zero-order valence-electron chi connectivity index (χ0n) is 7.24. The van der Waals surface area contributed by atoms with Gasteiger partial charge in [0.25, 0.3) is 0 Å². The van der Waals surface area contributed by atoms with Gasteiger partial charge in [-0.25, -0.2) is 13.2 Å². The molecule has 0 fully saturated rings. The number of fused-ring (bicyclic) bond motifs is 1. The maximum absolute atomic E-state index is 13.1. The maximum atomic E-state index is 13.1. The van der Waals surface area contributed by atoms with E-state index in [2.05, 4.69) is 0 Å². The molecule has 1 nitrogen and oxygen atoms in total. The van der Waals surface area contributed by atoms with Gasteiger partial charge in [-0.3, -0.25) is 4.79 Å². The quantitative estimate of drug-likeness (QED) is 0.586. The first-order chi connectivity index (χ1) is 6.59. The largest absolute Gasteiger partial charge is 0.299 e. The first-order valence-electron chi connectivity index (χ1n) is 4.26. The highest BCUT2D eigenvalue weighted by atomic mass is 19.2. The molecule has 1 aliphatic carbocycles. The molecule has 1 aliphatic rings. The van der Waals surface area contributed by atoms with Crippen LogP contribution in [0.5, 0.6) is 0 Å². The van der Waals surface area contributed by atoms with Crippen molar-refractivity contribution in [1.29, 1.82) is 0 Å². The lowest BCUT2D eigenvalue weighted by atomic mass is 9.90. The Bertz CT molecular complexity index is 412. The molecular weight excluding hydrogens is 193 g/mol. The van der Waals surface area contributed by atoms with Gasteiger partial charge in [0, 0.05) is 24.5 Å². The summed E-state index contributed by atoms with van der Waals surface area (Å²) in [5.74, 6) is -3.17. The van der Waals surface area contributed by atoms with Crippen molar-refractivity contribution < 1.29 is 18.0 Å². The van der Waals surface area contributed by atoms with E-state index in [0.29, 0.717) is 6.07 Å². The molecule has 4 heteroatoms. The summed E-state index contributed by atoms with van der Waals surface area (Å²) in [6, 6.07) is 0.493. The van der Waals surface area contributed by atoms with E-state index in [1.807, 2.05) is 0 Å². The minimum Gasteiger partial charge on any atom is -0.299 e. The molecule has 1 aromatic rings. The molecule has 0 radical (unpaired) electrons. The summed E-state index contributed by atoms with van der Waals surface area (Å²) in [4.78, 5) is 11.0. The van der Waals surface area contributed by atoms with Gasteiger partial charge in [0.15, 0.2) is 11.6 Å². The minimum absolute atomic E-state index is 0.0140. The molecule has 0 atom stereocenters. The average molecular weight is 200 g/mol. The van der Waals surface area contributed by atoms with E-state index in [4.69, 9.17) is 0 Å². The Morgan fingerprint density at radius 3 is 2.43 bits per heavy atom. The van der Waals surface area contributed by atoms with E-state index in [1.54, 1.807) is 0 Å². The zero-order valence-corrected chi connectivity index (χ0v) is 7.24. The fraction of sp³-hybridized carbons (Fsp3) is 0.300. The van der Waals surface area contributed by atoms with Gasteiger partial charge in [-0.2, -0.15) is 0 Å². The first kappa shape index (κ1) is 9.24. The van der Waals surface area contributed by atoms with Gasteiger partial charge < -0.3 is 0 Å². The Hall–Kier alpha value is -1.32. The van der Waals surface area contributed by atoms with Crippen molar-refractivity contribution in [3.63, 3.8) is 0 Å². The molecule has 0 bridgehead atoms. The van der Waals surface area contributed by atoms with Gasteiger partial charge in [0.05, 0.1) is 0 Å². The summed E-state index contributed by atoms with van der Waals surface area (Å²) in [7, 11) is 0. The van der Waals surface area contributed by atoms with Crippen molar-refractivity contribution in [3.8, 4) is 0 Å². The maximum Gasteiger partial charge on any atom is 0.162 e. The third-order valence-electron chi connectivity index (χ3n) is 2.41. The smallest absolute Gasteiger partial charge is 0.162 e. The van der Waals surface area contributed by atoms with E-state index < -0.39 is 17.5 Å². The average Bonchev–Trinajstić information content (AvgIpc) is 2.14. The molecular formula is C10H7F3O. The second-order valence-corrected chi connectivity index (χ2v) is 3.33. The summed E-state index contributed by atoms with van der Waals surface area (Å²) >= 11 is 0. The van der Waals surface area contributed by atoms with Crippen LogP contribution in [-0.2, 0) is 17.6 Å².